The summed E-state index contributed by atoms with van der Waals surface area (Å²) in [5.41, 5.74) is -0.0844. The van der Waals surface area contributed by atoms with Gasteiger partial charge in [-0.1, -0.05) is 12.1 Å². The van der Waals surface area contributed by atoms with Crippen LogP contribution in [0.2, 0.25) is 0 Å². The molecule has 23 heavy (non-hydrogen) atoms. The molecule has 1 aromatic carbocycles. The molecule has 1 aromatic heterocycles. The first-order chi connectivity index (χ1) is 10.9. The number of rotatable bonds is 5. The molecule has 1 heterocycles. The van der Waals surface area contributed by atoms with Gasteiger partial charge in [0.15, 0.2) is 11.6 Å². The maximum Gasteiger partial charge on any atom is 0.416 e. The second-order valence-electron chi connectivity index (χ2n) is 4.82. The Morgan fingerprint density at radius 3 is 2.30 bits per heavy atom. The highest BCUT2D eigenvalue weighted by Gasteiger charge is 2.30. The number of aromatic nitrogens is 2. The molecule has 0 aliphatic heterocycles. The standard InChI is InChI=1S/C15H16F4N4/c1-3-23(14-12(16)13(20-2)21-9-22-14)8-10-4-6-11(7-5-10)15(17,18)19/h4-7,9H,3,8H2,1-2H3,(H,20,21,22). The Hall–Kier alpha value is -2.38. The third kappa shape index (κ3) is 3.88. The van der Waals surface area contributed by atoms with E-state index in [2.05, 4.69) is 15.3 Å². The highest BCUT2D eigenvalue weighted by Crippen LogP contribution is 2.29. The van der Waals surface area contributed by atoms with Crippen molar-refractivity contribution in [3.63, 3.8) is 0 Å². The SMILES string of the molecule is CCN(Cc1ccc(C(F)(F)F)cc1)c1ncnc(NC)c1F. The van der Waals surface area contributed by atoms with Crippen molar-refractivity contribution in [1.82, 2.24) is 9.97 Å². The number of anilines is 2. The van der Waals surface area contributed by atoms with Gasteiger partial charge in [0, 0.05) is 20.1 Å². The number of halogens is 4. The fourth-order valence-electron chi connectivity index (χ4n) is 2.11. The van der Waals surface area contributed by atoms with Crippen molar-refractivity contribution in [2.24, 2.45) is 0 Å². The van der Waals surface area contributed by atoms with Crippen molar-refractivity contribution in [3.05, 3.63) is 47.5 Å². The van der Waals surface area contributed by atoms with Crippen molar-refractivity contribution < 1.29 is 17.6 Å². The maximum absolute atomic E-state index is 14.3. The van der Waals surface area contributed by atoms with E-state index in [4.69, 9.17) is 0 Å². The lowest BCUT2D eigenvalue weighted by Crippen LogP contribution is -2.25. The fraction of sp³-hybridized carbons (Fsp3) is 0.333. The monoisotopic (exact) mass is 328 g/mol. The van der Waals surface area contributed by atoms with Gasteiger partial charge in [-0.15, -0.1) is 0 Å². The van der Waals surface area contributed by atoms with E-state index in [1.807, 2.05) is 6.92 Å². The van der Waals surface area contributed by atoms with E-state index in [9.17, 15) is 17.6 Å². The van der Waals surface area contributed by atoms with Gasteiger partial charge in [-0.2, -0.15) is 17.6 Å². The predicted molar refractivity (Wildman–Crippen MR) is 79.7 cm³/mol. The Labute approximate surface area is 131 Å². The lowest BCUT2D eigenvalue weighted by atomic mass is 10.1. The summed E-state index contributed by atoms with van der Waals surface area (Å²) in [7, 11) is 1.54. The molecule has 0 spiro atoms. The van der Waals surface area contributed by atoms with Gasteiger partial charge in [0.25, 0.3) is 0 Å². The number of hydrogen-bond acceptors (Lipinski definition) is 4. The predicted octanol–water partition coefficient (Wildman–Crippen LogP) is 3.70. The average molecular weight is 328 g/mol. The van der Waals surface area contributed by atoms with Crippen LogP contribution in [0.15, 0.2) is 30.6 Å². The first-order valence-electron chi connectivity index (χ1n) is 6.96. The van der Waals surface area contributed by atoms with Crippen LogP contribution in [0, 0.1) is 5.82 Å². The molecular weight excluding hydrogens is 312 g/mol. The molecule has 0 atom stereocenters. The van der Waals surface area contributed by atoms with Crippen molar-refractivity contribution in [2.45, 2.75) is 19.6 Å². The van der Waals surface area contributed by atoms with E-state index in [-0.39, 0.29) is 18.2 Å². The summed E-state index contributed by atoms with van der Waals surface area (Å²) >= 11 is 0. The second-order valence-corrected chi connectivity index (χ2v) is 4.82. The van der Waals surface area contributed by atoms with Crippen LogP contribution in [-0.2, 0) is 12.7 Å². The third-order valence-corrected chi connectivity index (χ3v) is 3.34. The number of nitrogens with one attached hydrogen (secondary N) is 1. The summed E-state index contributed by atoms with van der Waals surface area (Å²) in [5.74, 6) is -0.420. The van der Waals surface area contributed by atoms with Crippen LogP contribution in [0.1, 0.15) is 18.1 Å². The average Bonchev–Trinajstić information content (AvgIpc) is 2.53. The van der Waals surface area contributed by atoms with E-state index >= 15 is 0 Å². The molecule has 0 radical (unpaired) electrons. The Balaban J connectivity index is 2.23. The Kier molecular flexibility index (Phi) is 5.02. The van der Waals surface area contributed by atoms with E-state index in [0.717, 1.165) is 12.1 Å². The van der Waals surface area contributed by atoms with Gasteiger partial charge < -0.3 is 10.2 Å². The lowest BCUT2D eigenvalue weighted by Gasteiger charge is -2.23. The van der Waals surface area contributed by atoms with Gasteiger partial charge in [-0.25, -0.2) is 9.97 Å². The molecule has 0 fully saturated rings. The minimum Gasteiger partial charge on any atom is -0.371 e. The molecule has 0 unspecified atom stereocenters. The molecule has 4 nitrogen and oxygen atoms in total. The summed E-state index contributed by atoms with van der Waals surface area (Å²) in [6.45, 7) is 2.49. The molecule has 1 N–H and O–H groups in total. The normalized spacial score (nSPS) is 11.4. The van der Waals surface area contributed by atoms with Crippen molar-refractivity contribution in [1.29, 1.82) is 0 Å². The number of nitrogens with zero attached hydrogens (tertiary/aromatic N) is 3. The summed E-state index contributed by atoms with van der Waals surface area (Å²) in [6.07, 6.45) is -3.14. The fourth-order valence-corrected chi connectivity index (χ4v) is 2.11. The Morgan fingerprint density at radius 2 is 1.78 bits per heavy atom. The second kappa shape index (κ2) is 6.80. The summed E-state index contributed by atoms with van der Waals surface area (Å²) < 4.78 is 52.0. The first kappa shape index (κ1) is 17.0. The zero-order valence-electron chi connectivity index (χ0n) is 12.7. The minimum absolute atomic E-state index is 0.0702. The van der Waals surface area contributed by atoms with Crippen LogP contribution in [0.3, 0.4) is 0 Å². The zero-order chi connectivity index (χ0) is 17.0. The molecule has 2 rings (SSSR count). The number of hydrogen-bond donors (Lipinski definition) is 1. The number of benzene rings is 1. The molecule has 0 saturated carbocycles. The molecule has 0 bridgehead atoms. The van der Waals surface area contributed by atoms with Gasteiger partial charge in [0.2, 0.25) is 5.82 Å². The van der Waals surface area contributed by atoms with E-state index in [0.29, 0.717) is 12.1 Å². The smallest absolute Gasteiger partial charge is 0.371 e. The maximum atomic E-state index is 14.3. The van der Waals surface area contributed by atoms with Gasteiger partial charge >= 0.3 is 6.18 Å². The minimum atomic E-state index is -4.37. The highest BCUT2D eigenvalue weighted by molar-refractivity contribution is 5.50. The summed E-state index contributed by atoms with van der Waals surface area (Å²) in [6, 6.07) is 4.78. The topological polar surface area (TPSA) is 41.1 Å². The molecule has 0 saturated heterocycles. The molecule has 0 aliphatic carbocycles. The largest absolute Gasteiger partial charge is 0.416 e. The van der Waals surface area contributed by atoms with Gasteiger partial charge in [0.1, 0.15) is 6.33 Å². The van der Waals surface area contributed by atoms with Crippen LogP contribution in [-0.4, -0.2) is 23.6 Å². The van der Waals surface area contributed by atoms with Gasteiger partial charge in [-0.3, -0.25) is 0 Å². The van der Waals surface area contributed by atoms with Crippen molar-refractivity contribution >= 4 is 11.6 Å². The number of alkyl halides is 3. The van der Waals surface area contributed by atoms with Crippen LogP contribution in [0.4, 0.5) is 29.2 Å². The molecule has 0 amide bonds. The highest BCUT2D eigenvalue weighted by atomic mass is 19.4. The first-order valence-corrected chi connectivity index (χ1v) is 6.96. The van der Waals surface area contributed by atoms with Crippen molar-refractivity contribution in [2.75, 3.05) is 23.8 Å². The lowest BCUT2D eigenvalue weighted by molar-refractivity contribution is -0.137. The Bertz CT molecular complexity index is 656. The van der Waals surface area contributed by atoms with E-state index in [1.54, 1.807) is 11.9 Å². The molecule has 8 heteroatoms. The quantitative estimate of drug-likeness (QED) is 0.850. The van der Waals surface area contributed by atoms with Crippen molar-refractivity contribution in [3.8, 4) is 0 Å². The van der Waals surface area contributed by atoms with Crippen LogP contribution in [0.5, 0.6) is 0 Å². The molecular formula is C15H16F4N4. The summed E-state index contributed by atoms with van der Waals surface area (Å²) in [5, 5.41) is 2.62. The van der Waals surface area contributed by atoms with E-state index in [1.165, 1.54) is 18.5 Å². The van der Waals surface area contributed by atoms with Gasteiger partial charge in [-0.05, 0) is 24.6 Å². The van der Waals surface area contributed by atoms with E-state index < -0.39 is 17.6 Å². The van der Waals surface area contributed by atoms with Crippen LogP contribution < -0.4 is 10.2 Å². The van der Waals surface area contributed by atoms with Crippen LogP contribution in [0.25, 0.3) is 0 Å². The molecule has 0 aliphatic rings. The zero-order valence-corrected chi connectivity index (χ0v) is 12.7. The molecule has 2 aromatic rings. The Morgan fingerprint density at radius 1 is 1.13 bits per heavy atom. The van der Waals surface area contributed by atoms with Crippen LogP contribution >= 0.6 is 0 Å². The third-order valence-electron chi connectivity index (χ3n) is 3.34. The van der Waals surface area contributed by atoms with Gasteiger partial charge in [0.05, 0.1) is 5.56 Å². The summed E-state index contributed by atoms with van der Waals surface area (Å²) in [4.78, 5) is 9.33. The molecule has 124 valence electrons.